The molecule has 1 aliphatic rings. The van der Waals surface area contributed by atoms with Crippen molar-refractivity contribution in [3.8, 4) is 0 Å². The zero-order valence-corrected chi connectivity index (χ0v) is 44.5. The maximum Gasteiger partial charge on any atom is 0.220 e. The minimum atomic E-state index is -1.26. The van der Waals surface area contributed by atoms with E-state index < -0.39 is 69.0 Å². The number of carbonyl (C=O) groups is 1. The number of carbonyl (C=O) groups excluding carboxylic acids is 1. The van der Waals surface area contributed by atoms with Crippen LogP contribution in [0.2, 0.25) is 0 Å². The number of ether oxygens (including phenoxy) is 5. The van der Waals surface area contributed by atoms with Gasteiger partial charge in [-0.05, 0) is 35.1 Å². The van der Waals surface area contributed by atoms with Gasteiger partial charge in [0.2, 0.25) is 5.91 Å². The summed E-state index contributed by atoms with van der Waals surface area (Å²) in [6.45, 7) is 1.13. The maximum absolute atomic E-state index is 13.7. The molecular formula is C65H95NO7. The lowest BCUT2D eigenvalue weighted by Gasteiger charge is -2.47. The fourth-order valence-electron chi connectivity index (χ4n) is 9.68. The largest absolute Gasteiger partial charge is 0.387 e. The molecule has 4 aromatic carbocycles. The minimum absolute atomic E-state index is 0.00638. The van der Waals surface area contributed by atoms with E-state index in [0.29, 0.717) is 22.3 Å². The van der Waals surface area contributed by atoms with Crippen molar-refractivity contribution in [3.63, 3.8) is 0 Å². The lowest BCUT2D eigenvalue weighted by molar-refractivity contribution is -0.274. The molecule has 0 saturated carbocycles. The molecular weight excluding hydrogens is 907 g/mol. The van der Waals surface area contributed by atoms with E-state index in [0.717, 1.165) is 25.7 Å². The first kappa shape index (κ1) is 53.7. The molecule has 402 valence electrons. The van der Waals surface area contributed by atoms with Crippen LogP contribution in [-0.4, -0.2) is 60.3 Å². The van der Waals surface area contributed by atoms with Crippen molar-refractivity contribution in [3.05, 3.63) is 156 Å². The van der Waals surface area contributed by atoms with Gasteiger partial charge in [-0.15, -0.1) is 6.58 Å². The third kappa shape index (κ3) is 25.3. The van der Waals surface area contributed by atoms with E-state index in [2.05, 4.69) is 18.8 Å². The summed E-state index contributed by atoms with van der Waals surface area (Å²) in [7, 11) is 0. The Labute approximate surface area is 448 Å². The van der Waals surface area contributed by atoms with Crippen LogP contribution >= 0.6 is 0 Å². The monoisotopic (exact) mass is 1010 g/mol. The summed E-state index contributed by atoms with van der Waals surface area (Å²) in [4.78, 5) is 13.7. The first-order chi connectivity index (χ1) is 37.7. The molecule has 5 unspecified atom stereocenters. The number of unbranched alkanes of at least 4 members (excludes halogenated alkanes) is 22. The first-order valence-corrected chi connectivity index (χ1v) is 28.4. The van der Waals surface area contributed by atoms with Gasteiger partial charge in [0.1, 0.15) is 24.4 Å². The summed E-state index contributed by atoms with van der Waals surface area (Å²) in [5.41, 5.74) is 2.32. The SMILES string of the molecule is [2H]C(OC[C@H]1OC(C[C@H](NC(=O)CCCCCCCCCCCCCCCCCCCCCCCCC)[C@H](O)C=C)[C@H](OC([2H])c2ccccc2)[C@@H](OC([2H])c2ccccc2)[C@H]1OC([2H])c1ccccc1)c1ccccc1. The van der Waals surface area contributed by atoms with Crippen LogP contribution in [0.15, 0.2) is 134 Å². The van der Waals surface area contributed by atoms with Crippen molar-refractivity contribution < 1.29 is 39.1 Å². The van der Waals surface area contributed by atoms with Crippen LogP contribution in [0.1, 0.15) is 195 Å². The highest BCUT2D eigenvalue weighted by Gasteiger charge is 2.49. The molecule has 1 heterocycles. The van der Waals surface area contributed by atoms with Gasteiger partial charge < -0.3 is 34.1 Å². The molecule has 1 fully saturated rings. The van der Waals surface area contributed by atoms with E-state index in [4.69, 9.17) is 25.1 Å². The fraction of sp³-hybridized carbons (Fsp3) is 0.585. The maximum atomic E-state index is 13.7. The Bertz CT molecular complexity index is 2090. The van der Waals surface area contributed by atoms with Crippen molar-refractivity contribution in [1.82, 2.24) is 5.32 Å². The highest BCUT2D eigenvalue weighted by molar-refractivity contribution is 5.76. The predicted octanol–water partition coefficient (Wildman–Crippen LogP) is 15.5. The van der Waals surface area contributed by atoms with Crippen molar-refractivity contribution in [2.75, 3.05) is 6.61 Å². The van der Waals surface area contributed by atoms with E-state index >= 15 is 0 Å². The summed E-state index contributed by atoms with van der Waals surface area (Å²) in [5.74, 6) is -0.209. The average Bonchev–Trinajstić information content (AvgIpc) is 3.46. The number of aliphatic hydroxyl groups excluding tert-OH is 1. The van der Waals surface area contributed by atoms with Crippen molar-refractivity contribution in [2.45, 2.75) is 236 Å². The van der Waals surface area contributed by atoms with Gasteiger partial charge in [0.15, 0.2) is 0 Å². The molecule has 1 aliphatic heterocycles. The molecule has 11 atom stereocenters. The molecule has 0 spiro atoms. The number of amides is 1. The molecule has 2 N–H and O–H groups in total. The molecule has 1 amide bonds. The molecule has 8 nitrogen and oxygen atoms in total. The zero-order chi connectivity index (χ0) is 54.7. The van der Waals surface area contributed by atoms with E-state index in [1.54, 1.807) is 48.5 Å². The lowest BCUT2D eigenvalue weighted by atomic mass is 9.89. The zero-order valence-electron chi connectivity index (χ0n) is 48.5. The van der Waals surface area contributed by atoms with E-state index in [1.807, 2.05) is 72.8 Å². The van der Waals surface area contributed by atoms with Crippen LogP contribution < -0.4 is 5.32 Å². The Kier molecular flexibility index (Phi) is 28.2. The normalized spacial score (nSPS) is 21.1. The average molecular weight is 1010 g/mol. The number of hydrogen-bond acceptors (Lipinski definition) is 7. The van der Waals surface area contributed by atoms with Crippen LogP contribution in [-0.2, 0) is 54.8 Å². The summed E-state index contributed by atoms with van der Waals surface area (Å²) < 4.78 is 70.0. The van der Waals surface area contributed by atoms with Gasteiger partial charge in [0, 0.05) is 6.42 Å². The Balaban J connectivity index is 1.18. The molecule has 8 heteroatoms. The topological polar surface area (TPSA) is 95.5 Å². The molecule has 0 radical (unpaired) electrons. The van der Waals surface area contributed by atoms with Crippen LogP contribution in [0.5, 0.6) is 0 Å². The Morgan fingerprint density at radius 1 is 0.534 bits per heavy atom. The molecule has 4 aromatic rings. The fourth-order valence-corrected chi connectivity index (χ4v) is 9.68. The molecule has 0 bridgehead atoms. The molecule has 1 saturated heterocycles. The Morgan fingerprint density at radius 3 is 1.26 bits per heavy atom. The van der Waals surface area contributed by atoms with Gasteiger partial charge >= 0.3 is 0 Å². The third-order valence-electron chi connectivity index (χ3n) is 14.0. The number of nitrogens with one attached hydrogen (secondary N) is 1. The molecule has 5 rings (SSSR count). The van der Waals surface area contributed by atoms with Gasteiger partial charge in [-0.25, -0.2) is 0 Å². The minimum Gasteiger partial charge on any atom is -0.387 e. The van der Waals surface area contributed by atoms with Gasteiger partial charge in [-0.3, -0.25) is 4.79 Å². The summed E-state index contributed by atoms with van der Waals surface area (Å²) in [6.07, 6.45) is 24.9. The molecule has 0 aromatic heterocycles. The number of benzene rings is 4. The van der Waals surface area contributed by atoms with Gasteiger partial charge in [-0.2, -0.15) is 0 Å². The van der Waals surface area contributed by atoms with Crippen molar-refractivity contribution >= 4 is 5.91 Å². The Morgan fingerprint density at radius 2 is 0.877 bits per heavy atom. The highest BCUT2D eigenvalue weighted by Crippen LogP contribution is 2.33. The predicted molar refractivity (Wildman–Crippen MR) is 299 cm³/mol. The summed E-state index contributed by atoms with van der Waals surface area (Å²) in [6, 6.07) is 35.5. The van der Waals surface area contributed by atoms with Gasteiger partial charge in [-0.1, -0.05) is 276 Å². The quantitative estimate of drug-likeness (QED) is 0.0337. The first-order valence-electron chi connectivity index (χ1n) is 30.7. The van der Waals surface area contributed by atoms with Crippen molar-refractivity contribution in [1.29, 1.82) is 0 Å². The second kappa shape index (κ2) is 38.4. The lowest BCUT2D eigenvalue weighted by Crippen LogP contribution is -2.62. The standard InChI is InChI=1S/C65H95NO7/c1-3-5-6-7-8-9-10-11-12-13-14-15-16-17-18-19-20-21-22-23-24-25-38-47-62(68)66-58(59(67)4-2)48-60-63(70-50-55-41-32-27-33-42-55)65(72-52-57-45-36-29-37-46-57)64(71-51-56-43-34-28-35-44-56)61(73-60)53-69-49-54-39-30-26-31-40-54/h4,26-37,39-46,58-61,63-65,67H,2-3,5-25,38,47-53H2,1H3,(H,66,68)/t58-,59+,60?,61+,63-,64-,65+/m0/s1/i49D,50D,51D,52D/t49?,50?,51?,52?,58-,59+,60?,61+,63-,64-,65+. The van der Waals surface area contributed by atoms with Crippen LogP contribution in [0.25, 0.3) is 0 Å². The molecule has 73 heavy (non-hydrogen) atoms. The van der Waals surface area contributed by atoms with E-state index in [-0.39, 0.29) is 25.4 Å². The number of rotatable bonds is 42. The smallest absolute Gasteiger partial charge is 0.220 e. The van der Waals surface area contributed by atoms with Gasteiger partial charge in [0.05, 0.1) is 56.7 Å². The van der Waals surface area contributed by atoms with E-state index in [1.165, 1.54) is 128 Å². The van der Waals surface area contributed by atoms with Crippen LogP contribution in [0, 0.1) is 0 Å². The number of hydrogen-bond donors (Lipinski definition) is 2. The van der Waals surface area contributed by atoms with Crippen LogP contribution in [0.3, 0.4) is 0 Å². The molecule has 0 aliphatic carbocycles. The third-order valence-corrected chi connectivity index (χ3v) is 14.0. The van der Waals surface area contributed by atoms with Crippen LogP contribution in [0.4, 0.5) is 0 Å². The highest BCUT2D eigenvalue weighted by atomic mass is 16.6. The second-order valence-corrected chi connectivity index (χ2v) is 20.1. The van der Waals surface area contributed by atoms with Gasteiger partial charge in [0.25, 0.3) is 0 Å². The van der Waals surface area contributed by atoms with E-state index in [9.17, 15) is 14.0 Å². The second-order valence-electron chi connectivity index (χ2n) is 20.1. The number of aliphatic hydroxyl groups is 1. The Hall–Kier alpha value is -4.15. The summed E-state index contributed by atoms with van der Waals surface area (Å²) in [5, 5.41) is 14.6. The summed E-state index contributed by atoms with van der Waals surface area (Å²) >= 11 is 0. The van der Waals surface area contributed by atoms with Crippen molar-refractivity contribution in [2.24, 2.45) is 0 Å².